The molecular weight excluding hydrogens is 288 g/mol. The molecule has 0 bridgehead atoms. The van der Waals surface area contributed by atoms with Crippen molar-refractivity contribution in [3.05, 3.63) is 0 Å². The van der Waals surface area contributed by atoms with E-state index in [4.69, 9.17) is 0 Å². The standard InChI is InChI=1S/C15H33BrSi/c1-4-5-6-7-8-9-10-11-12-13-14-15(2,3)17-16/h4-14,17H2,1-3H3. The number of rotatable bonds is 12. The second kappa shape index (κ2) is 11.8. The van der Waals surface area contributed by atoms with Gasteiger partial charge >= 0.3 is 0 Å². The molecule has 0 aromatic heterocycles. The van der Waals surface area contributed by atoms with Crippen molar-refractivity contribution >= 4 is 23.4 Å². The molecule has 0 aromatic carbocycles. The molecule has 17 heavy (non-hydrogen) atoms. The normalized spacial score (nSPS) is 12.7. The van der Waals surface area contributed by atoms with Crippen LogP contribution >= 0.6 is 15.3 Å². The van der Waals surface area contributed by atoms with Gasteiger partial charge in [-0.2, -0.15) is 0 Å². The first-order chi connectivity index (χ1) is 8.12. The lowest BCUT2D eigenvalue weighted by atomic mass is 10.0. The Morgan fingerprint density at radius 1 is 0.765 bits per heavy atom. The highest BCUT2D eigenvalue weighted by molar-refractivity contribution is 9.23. The lowest BCUT2D eigenvalue weighted by molar-refractivity contribution is 0.516. The molecule has 0 atom stereocenters. The number of halogens is 1. The van der Waals surface area contributed by atoms with Gasteiger partial charge in [0, 0.05) is 0 Å². The van der Waals surface area contributed by atoms with Crippen molar-refractivity contribution in [1.29, 1.82) is 0 Å². The Kier molecular flexibility index (Phi) is 12.3. The maximum atomic E-state index is 3.73. The van der Waals surface area contributed by atoms with Gasteiger partial charge < -0.3 is 0 Å². The summed E-state index contributed by atoms with van der Waals surface area (Å²) < 4.78 is 0. The Bertz CT molecular complexity index is 157. The van der Waals surface area contributed by atoms with E-state index >= 15 is 0 Å². The van der Waals surface area contributed by atoms with Crippen LogP contribution in [0.3, 0.4) is 0 Å². The average molecular weight is 321 g/mol. The lowest BCUT2D eigenvalue weighted by Crippen LogP contribution is -2.07. The zero-order valence-corrected chi connectivity index (χ0v) is 15.4. The van der Waals surface area contributed by atoms with Crippen LogP contribution in [0.4, 0.5) is 0 Å². The van der Waals surface area contributed by atoms with Gasteiger partial charge in [0.1, 0.15) is 8.14 Å². The molecule has 0 amide bonds. The third-order valence-electron chi connectivity index (χ3n) is 3.57. The van der Waals surface area contributed by atoms with Crippen molar-refractivity contribution in [2.24, 2.45) is 0 Å². The Morgan fingerprint density at radius 3 is 1.59 bits per heavy atom. The summed E-state index contributed by atoms with van der Waals surface area (Å²) in [6, 6.07) is 0. The van der Waals surface area contributed by atoms with E-state index in [0.717, 1.165) is 0 Å². The lowest BCUT2D eigenvalue weighted by Gasteiger charge is -2.20. The molecule has 0 aromatic rings. The van der Waals surface area contributed by atoms with Crippen LogP contribution in [-0.4, -0.2) is 8.14 Å². The van der Waals surface area contributed by atoms with Crippen LogP contribution in [0.2, 0.25) is 5.04 Å². The predicted octanol–water partition coefficient (Wildman–Crippen LogP) is 5.97. The summed E-state index contributed by atoms with van der Waals surface area (Å²) in [5.41, 5.74) is 0. The summed E-state index contributed by atoms with van der Waals surface area (Å²) in [6.45, 7) is 7.13. The number of hydrogen-bond acceptors (Lipinski definition) is 0. The third-order valence-corrected chi connectivity index (χ3v) is 9.20. The van der Waals surface area contributed by atoms with Crippen LogP contribution < -0.4 is 0 Å². The summed E-state index contributed by atoms with van der Waals surface area (Å²) in [4.78, 5) is 0. The number of unbranched alkanes of at least 4 members (excludes halogenated alkanes) is 9. The molecule has 0 heterocycles. The molecule has 0 nitrogen and oxygen atoms in total. The molecule has 0 N–H and O–H groups in total. The average Bonchev–Trinajstić information content (AvgIpc) is 2.31. The van der Waals surface area contributed by atoms with Crippen LogP contribution in [0.25, 0.3) is 0 Å². The van der Waals surface area contributed by atoms with Gasteiger partial charge in [0.2, 0.25) is 0 Å². The molecule has 104 valence electrons. The second-order valence-electron chi connectivity index (χ2n) is 6.23. The first kappa shape index (κ1) is 17.7. The predicted molar refractivity (Wildman–Crippen MR) is 88.0 cm³/mol. The van der Waals surface area contributed by atoms with Crippen LogP contribution in [0.15, 0.2) is 0 Å². The summed E-state index contributed by atoms with van der Waals surface area (Å²) in [6.07, 6.45) is 15.9. The van der Waals surface area contributed by atoms with Gasteiger partial charge in [-0.3, -0.25) is 0 Å². The first-order valence-electron chi connectivity index (χ1n) is 7.68. The molecule has 0 rings (SSSR count). The molecule has 0 saturated carbocycles. The zero-order chi connectivity index (χ0) is 13.0. The molecule has 0 unspecified atom stereocenters. The van der Waals surface area contributed by atoms with Crippen molar-refractivity contribution in [3.63, 3.8) is 0 Å². The van der Waals surface area contributed by atoms with Crippen LogP contribution in [0, 0.1) is 0 Å². The molecule has 0 spiro atoms. The monoisotopic (exact) mass is 320 g/mol. The fraction of sp³-hybridized carbons (Fsp3) is 1.00. The summed E-state index contributed by atoms with van der Waals surface area (Å²) in [5.74, 6) is 0. The minimum Gasteiger partial charge on any atom is -0.135 e. The van der Waals surface area contributed by atoms with E-state index in [1.807, 2.05) is 0 Å². The highest BCUT2D eigenvalue weighted by Crippen LogP contribution is 2.31. The molecule has 0 fully saturated rings. The third kappa shape index (κ3) is 12.9. The second-order valence-corrected chi connectivity index (χ2v) is 10.1. The Morgan fingerprint density at radius 2 is 1.18 bits per heavy atom. The number of hydrogen-bond donors (Lipinski definition) is 0. The summed E-state index contributed by atoms with van der Waals surface area (Å²) >= 11 is 3.73. The minimum absolute atomic E-state index is 0.00156. The molecule has 0 radical (unpaired) electrons. The van der Waals surface area contributed by atoms with Gasteiger partial charge in [-0.15, -0.1) is 15.3 Å². The van der Waals surface area contributed by atoms with E-state index in [-0.39, 0.29) is 8.14 Å². The topological polar surface area (TPSA) is 0 Å². The SMILES string of the molecule is CCCCCCCCCCCCC(C)(C)[SiH2]Br. The van der Waals surface area contributed by atoms with Crippen molar-refractivity contribution in [3.8, 4) is 0 Å². The summed E-state index contributed by atoms with van der Waals surface area (Å²) in [7, 11) is -0.00156. The van der Waals surface area contributed by atoms with Crippen molar-refractivity contribution in [2.45, 2.75) is 96.4 Å². The van der Waals surface area contributed by atoms with Gasteiger partial charge in [-0.25, -0.2) is 0 Å². The highest BCUT2D eigenvalue weighted by Gasteiger charge is 2.15. The van der Waals surface area contributed by atoms with Crippen LogP contribution in [0.5, 0.6) is 0 Å². The fourth-order valence-electron chi connectivity index (χ4n) is 2.16. The van der Waals surface area contributed by atoms with Gasteiger partial charge in [0.15, 0.2) is 0 Å². The Balaban J connectivity index is 3.09. The van der Waals surface area contributed by atoms with E-state index in [1.165, 1.54) is 70.6 Å². The van der Waals surface area contributed by atoms with E-state index in [0.29, 0.717) is 5.04 Å². The van der Waals surface area contributed by atoms with E-state index < -0.39 is 0 Å². The van der Waals surface area contributed by atoms with E-state index in [9.17, 15) is 0 Å². The maximum absolute atomic E-state index is 3.73. The minimum atomic E-state index is -0.00156. The Hall–Kier alpha value is 0.697. The molecule has 0 aliphatic carbocycles. The molecule has 0 saturated heterocycles. The van der Waals surface area contributed by atoms with Crippen molar-refractivity contribution < 1.29 is 0 Å². The van der Waals surface area contributed by atoms with Crippen LogP contribution in [0.1, 0.15) is 91.4 Å². The van der Waals surface area contributed by atoms with Crippen molar-refractivity contribution in [1.82, 2.24) is 0 Å². The van der Waals surface area contributed by atoms with Gasteiger partial charge in [0.25, 0.3) is 0 Å². The first-order valence-corrected chi connectivity index (χ1v) is 12.3. The molecule has 2 heteroatoms. The van der Waals surface area contributed by atoms with E-state index in [1.54, 1.807) is 0 Å². The largest absolute Gasteiger partial charge is 0.135 e. The fourth-order valence-corrected chi connectivity index (χ4v) is 3.38. The van der Waals surface area contributed by atoms with Gasteiger partial charge in [-0.05, 0) is 5.04 Å². The highest BCUT2D eigenvalue weighted by atomic mass is 79.9. The quantitative estimate of drug-likeness (QED) is 0.236. The smallest absolute Gasteiger partial charge is 0.104 e. The van der Waals surface area contributed by atoms with Gasteiger partial charge in [-0.1, -0.05) is 91.4 Å². The van der Waals surface area contributed by atoms with Crippen molar-refractivity contribution in [2.75, 3.05) is 0 Å². The molecule has 0 aliphatic rings. The molecular formula is C15H33BrSi. The Labute approximate surface area is 120 Å². The zero-order valence-electron chi connectivity index (χ0n) is 12.4. The summed E-state index contributed by atoms with van der Waals surface area (Å²) in [5, 5.41) is 0.639. The van der Waals surface area contributed by atoms with Gasteiger partial charge in [0.05, 0.1) is 0 Å². The maximum Gasteiger partial charge on any atom is 0.104 e. The van der Waals surface area contributed by atoms with E-state index in [2.05, 4.69) is 36.1 Å². The molecule has 0 aliphatic heterocycles. The van der Waals surface area contributed by atoms with Crippen LogP contribution in [-0.2, 0) is 0 Å².